The average Bonchev–Trinajstić information content (AvgIpc) is 2.25. The van der Waals surface area contributed by atoms with Gasteiger partial charge in [-0.1, -0.05) is 18.2 Å². The van der Waals surface area contributed by atoms with Gasteiger partial charge in [0.2, 0.25) is 0 Å². The van der Waals surface area contributed by atoms with Crippen LogP contribution in [0.3, 0.4) is 0 Å². The Hall–Kier alpha value is -1.36. The number of ketones is 1. The fourth-order valence-corrected chi connectivity index (χ4v) is 1.40. The van der Waals surface area contributed by atoms with Crippen molar-refractivity contribution < 1.29 is 18.0 Å². The number of alkyl halides is 3. The van der Waals surface area contributed by atoms with Crippen LogP contribution in [0.1, 0.15) is 28.9 Å². The Bertz CT molecular complexity index is 412. The molecule has 0 aromatic heterocycles. The first kappa shape index (κ1) is 13.7. The summed E-state index contributed by atoms with van der Waals surface area (Å²) in [5.41, 5.74) is 0.369. The second-order valence-electron chi connectivity index (χ2n) is 4.09. The highest BCUT2D eigenvalue weighted by Gasteiger charge is 2.39. The van der Waals surface area contributed by atoms with E-state index < -0.39 is 12.0 Å². The summed E-state index contributed by atoms with van der Waals surface area (Å²) >= 11 is 0. The Labute approximate surface area is 98.0 Å². The zero-order valence-electron chi connectivity index (χ0n) is 9.88. The molecule has 1 aromatic rings. The number of halogens is 3. The van der Waals surface area contributed by atoms with Crippen LogP contribution in [-0.4, -0.2) is 31.0 Å². The van der Waals surface area contributed by atoms with Crippen LogP contribution in [0.2, 0.25) is 0 Å². The Balaban J connectivity index is 3.06. The molecule has 2 nitrogen and oxygen atoms in total. The molecule has 0 radical (unpaired) electrons. The summed E-state index contributed by atoms with van der Waals surface area (Å²) in [6.07, 6.45) is -4.82. The molecule has 0 heterocycles. The van der Waals surface area contributed by atoms with Crippen LogP contribution in [-0.2, 0) is 0 Å². The number of hydrogen-bond acceptors (Lipinski definition) is 2. The molecular weight excluding hydrogens is 231 g/mol. The Kier molecular flexibility index (Phi) is 3.93. The van der Waals surface area contributed by atoms with Crippen molar-refractivity contribution in [2.24, 2.45) is 0 Å². The van der Waals surface area contributed by atoms with Crippen LogP contribution < -0.4 is 0 Å². The molecule has 94 valence electrons. The third-order valence-corrected chi connectivity index (χ3v) is 2.66. The van der Waals surface area contributed by atoms with E-state index >= 15 is 0 Å². The van der Waals surface area contributed by atoms with Crippen LogP contribution in [0.5, 0.6) is 0 Å². The number of rotatable bonds is 3. The number of carbonyl (C=O) groups is 1. The van der Waals surface area contributed by atoms with Crippen molar-refractivity contribution in [1.29, 1.82) is 0 Å². The van der Waals surface area contributed by atoms with Crippen LogP contribution in [0, 0.1) is 0 Å². The Morgan fingerprint density at radius 3 is 2.35 bits per heavy atom. The lowest BCUT2D eigenvalue weighted by Crippen LogP contribution is -2.23. The van der Waals surface area contributed by atoms with Gasteiger partial charge >= 0.3 is 6.18 Å². The molecule has 17 heavy (non-hydrogen) atoms. The van der Waals surface area contributed by atoms with Crippen molar-refractivity contribution in [3.8, 4) is 0 Å². The smallest absolute Gasteiger partial charge is 0.303 e. The lowest BCUT2D eigenvalue weighted by atomic mass is 10.0. The summed E-state index contributed by atoms with van der Waals surface area (Å²) in [6.45, 7) is 1.86. The first-order chi connectivity index (χ1) is 7.73. The topological polar surface area (TPSA) is 20.3 Å². The van der Waals surface area contributed by atoms with E-state index in [0.717, 1.165) is 0 Å². The van der Waals surface area contributed by atoms with E-state index in [-0.39, 0.29) is 11.6 Å². The largest absolute Gasteiger partial charge is 0.454 e. The zero-order chi connectivity index (χ0) is 13.2. The number of carbonyl (C=O) groups excluding carboxylic acids is 1. The summed E-state index contributed by atoms with van der Waals surface area (Å²) in [4.78, 5) is 12.9. The van der Waals surface area contributed by atoms with E-state index in [4.69, 9.17) is 0 Å². The maximum atomic E-state index is 12.3. The van der Waals surface area contributed by atoms with E-state index in [9.17, 15) is 18.0 Å². The third kappa shape index (κ3) is 3.30. The van der Waals surface area contributed by atoms with Gasteiger partial charge in [0.05, 0.1) is 0 Å². The van der Waals surface area contributed by atoms with Crippen molar-refractivity contribution in [3.63, 3.8) is 0 Å². The highest BCUT2D eigenvalue weighted by molar-refractivity contribution is 6.00. The summed E-state index contributed by atoms with van der Waals surface area (Å²) in [5, 5.41) is 0. The molecule has 1 atom stereocenters. The lowest BCUT2D eigenvalue weighted by Gasteiger charge is -2.20. The minimum absolute atomic E-state index is 0.0454. The van der Waals surface area contributed by atoms with E-state index in [1.54, 1.807) is 6.07 Å². The molecule has 0 N–H and O–H groups in total. The standard InChI is InChI=1S/C12H14F3NO/c1-8(16(2)3)9-5-4-6-10(7-9)11(17)12(13,14)15/h4-8H,1-3H3/t8-/m0/s1. The molecule has 5 heteroatoms. The van der Waals surface area contributed by atoms with Crippen LogP contribution in [0.25, 0.3) is 0 Å². The van der Waals surface area contributed by atoms with E-state index in [1.807, 2.05) is 25.9 Å². The molecule has 0 unspecified atom stereocenters. The molecule has 0 saturated carbocycles. The number of hydrogen-bond donors (Lipinski definition) is 0. The van der Waals surface area contributed by atoms with Gasteiger partial charge in [-0.15, -0.1) is 0 Å². The van der Waals surface area contributed by atoms with Crippen molar-refractivity contribution in [1.82, 2.24) is 4.90 Å². The molecule has 0 aliphatic heterocycles. The van der Waals surface area contributed by atoms with Gasteiger partial charge in [-0.2, -0.15) is 13.2 Å². The first-order valence-electron chi connectivity index (χ1n) is 5.11. The van der Waals surface area contributed by atoms with Crippen molar-refractivity contribution in [2.75, 3.05) is 14.1 Å². The highest BCUT2D eigenvalue weighted by atomic mass is 19.4. The molecule has 1 aromatic carbocycles. The van der Waals surface area contributed by atoms with E-state index in [1.165, 1.54) is 18.2 Å². The fraction of sp³-hybridized carbons (Fsp3) is 0.417. The predicted octanol–water partition coefficient (Wildman–Crippen LogP) is 3.05. The molecule has 0 aliphatic carbocycles. The minimum Gasteiger partial charge on any atom is -0.303 e. The van der Waals surface area contributed by atoms with Crippen molar-refractivity contribution in [2.45, 2.75) is 19.1 Å². The molecule has 0 bridgehead atoms. The second kappa shape index (κ2) is 4.87. The maximum Gasteiger partial charge on any atom is 0.454 e. The fourth-order valence-electron chi connectivity index (χ4n) is 1.40. The van der Waals surface area contributed by atoms with Gasteiger partial charge in [-0.25, -0.2) is 0 Å². The first-order valence-corrected chi connectivity index (χ1v) is 5.11. The van der Waals surface area contributed by atoms with Gasteiger partial charge in [-0.05, 0) is 32.6 Å². The molecular formula is C12H14F3NO. The van der Waals surface area contributed by atoms with Gasteiger partial charge in [0.25, 0.3) is 5.78 Å². The van der Waals surface area contributed by atoms with Gasteiger partial charge in [0, 0.05) is 11.6 Å². The van der Waals surface area contributed by atoms with Crippen LogP contribution in [0.15, 0.2) is 24.3 Å². The van der Waals surface area contributed by atoms with Gasteiger partial charge < -0.3 is 4.90 Å². The van der Waals surface area contributed by atoms with Gasteiger partial charge in [-0.3, -0.25) is 4.79 Å². The predicted molar refractivity (Wildman–Crippen MR) is 58.9 cm³/mol. The number of benzene rings is 1. The van der Waals surface area contributed by atoms with Gasteiger partial charge in [0.15, 0.2) is 0 Å². The molecule has 0 saturated heterocycles. The summed E-state index contributed by atoms with van der Waals surface area (Å²) in [6, 6.07) is 5.60. The van der Waals surface area contributed by atoms with Crippen molar-refractivity contribution >= 4 is 5.78 Å². The van der Waals surface area contributed by atoms with Crippen LogP contribution >= 0.6 is 0 Å². The molecule has 1 rings (SSSR count). The lowest BCUT2D eigenvalue weighted by molar-refractivity contribution is -0.0885. The number of nitrogens with zero attached hydrogens (tertiary/aromatic N) is 1. The Morgan fingerprint density at radius 1 is 1.29 bits per heavy atom. The molecule has 0 amide bonds. The normalized spacial score (nSPS) is 13.8. The van der Waals surface area contributed by atoms with E-state index in [2.05, 4.69) is 0 Å². The second-order valence-corrected chi connectivity index (χ2v) is 4.09. The van der Waals surface area contributed by atoms with E-state index in [0.29, 0.717) is 5.56 Å². The summed E-state index contributed by atoms with van der Waals surface area (Å²) in [5.74, 6) is -1.80. The highest BCUT2D eigenvalue weighted by Crippen LogP contribution is 2.24. The minimum atomic E-state index is -4.82. The Morgan fingerprint density at radius 2 is 1.88 bits per heavy atom. The van der Waals surface area contributed by atoms with Crippen molar-refractivity contribution in [3.05, 3.63) is 35.4 Å². The average molecular weight is 245 g/mol. The maximum absolute atomic E-state index is 12.3. The molecule has 0 aliphatic rings. The summed E-state index contributed by atoms with van der Waals surface area (Å²) < 4.78 is 36.8. The molecule has 0 fully saturated rings. The molecule has 0 spiro atoms. The summed E-state index contributed by atoms with van der Waals surface area (Å²) in [7, 11) is 3.64. The number of Topliss-reactive ketones (excluding diaryl/α,β-unsaturated/α-hetero) is 1. The third-order valence-electron chi connectivity index (χ3n) is 2.66. The monoisotopic (exact) mass is 245 g/mol. The quantitative estimate of drug-likeness (QED) is 0.763. The van der Waals surface area contributed by atoms with Crippen LogP contribution in [0.4, 0.5) is 13.2 Å². The SMILES string of the molecule is C[C@@H](c1cccc(C(=O)C(F)(F)F)c1)N(C)C. The zero-order valence-corrected chi connectivity index (χ0v) is 9.88. The van der Waals surface area contributed by atoms with Gasteiger partial charge in [0.1, 0.15) is 0 Å².